The van der Waals surface area contributed by atoms with Gasteiger partial charge in [-0.25, -0.2) is 22.5 Å². The van der Waals surface area contributed by atoms with Gasteiger partial charge in [0.1, 0.15) is 10.6 Å². The van der Waals surface area contributed by atoms with E-state index < -0.39 is 16.0 Å². The van der Waals surface area contributed by atoms with Gasteiger partial charge in [-0.3, -0.25) is 0 Å². The standard InChI is InChI=1S/C13H14N2O5S2/c1-8-11(12(16)17)21-13(14-8)15(2)22(18,19)10-6-4-9(20-3)5-7-10/h4-7H,1-3H3,(H,16,17). The van der Waals surface area contributed by atoms with Gasteiger partial charge >= 0.3 is 5.97 Å². The number of carboxylic acid groups (broad SMARTS) is 1. The molecular weight excluding hydrogens is 328 g/mol. The van der Waals surface area contributed by atoms with Crippen LogP contribution in [0.1, 0.15) is 15.4 Å². The molecule has 0 radical (unpaired) electrons. The molecule has 1 heterocycles. The molecule has 0 saturated carbocycles. The third-order valence-electron chi connectivity index (χ3n) is 2.97. The van der Waals surface area contributed by atoms with E-state index in [0.29, 0.717) is 5.75 Å². The van der Waals surface area contributed by atoms with Crippen LogP contribution in [-0.4, -0.2) is 38.6 Å². The first kappa shape index (κ1) is 16.2. The molecule has 0 fully saturated rings. The van der Waals surface area contributed by atoms with Crippen LogP contribution in [0.5, 0.6) is 5.75 Å². The van der Waals surface area contributed by atoms with Gasteiger partial charge in [-0.15, -0.1) is 0 Å². The predicted octanol–water partition coefficient (Wildman–Crippen LogP) is 1.98. The number of hydrogen-bond acceptors (Lipinski definition) is 6. The summed E-state index contributed by atoms with van der Waals surface area (Å²) in [5.41, 5.74) is 0.282. The molecule has 1 aromatic carbocycles. The third kappa shape index (κ3) is 2.90. The number of anilines is 1. The quantitative estimate of drug-likeness (QED) is 0.892. The van der Waals surface area contributed by atoms with Crippen molar-refractivity contribution in [2.45, 2.75) is 11.8 Å². The van der Waals surface area contributed by atoms with Gasteiger partial charge in [0.05, 0.1) is 17.7 Å². The van der Waals surface area contributed by atoms with Crippen LogP contribution in [-0.2, 0) is 10.0 Å². The normalized spacial score (nSPS) is 11.2. The molecule has 0 saturated heterocycles. The number of ether oxygens (including phenoxy) is 1. The van der Waals surface area contributed by atoms with Crippen molar-refractivity contribution in [2.75, 3.05) is 18.5 Å². The fourth-order valence-corrected chi connectivity index (χ4v) is 3.95. The summed E-state index contributed by atoms with van der Waals surface area (Å²) in [7, 11) is -0.989. The monoisotopic (exact) mass is 342 g/mol. The van der Waals surface area contributed by atoms with E-state index in [0.717, 1.165) is 15.6 Å². The average Bonchev–Trinajstić information content (AvgIpc) is 2.88. The second kappa shape index (κ2) is 5.93. The van der Waals surface area contributed by atoms with E-state index in [-0.39, 0.29) is 20.6 Å². The summed E-state index contributed by atoms with van der Waals surface area (Å²) in [6, 6.07) is 5.92. The van der Waals surface area contributed by atoms with Crippen molar-refractivity contribution in [1.82, 2.24) is 4.98 Å². The fraction of sp³-hybridized carbons (Fsp3) is 0.231. The second-order valence-corrected chi connectivity index (χ2v) is 7.31. The number of hydrogen-bond donors (Lipinski definition) is 1. The van der Waals surface area contributed by atoms with Crippen LogP contribution < -0.4 is 9.04 Å². The van der Waals surface area contributed by atoms with Crippen LogP contribution in [0.25, 0.3) is 0 Å². The number of nitrogens with zero attached hydrogens (tertiary/aromatic N) is 2. The zero-order valence-electron chi connectivity index (χ0n) is 12.1. The van der Waals surface area contributed by atoms with Gasteiger partial charge < -0.3 is 9.84 Å². The molecule has 0 amide bonds. The van der Waals surface area contributed by atoms with Gasteiger partial charge in [-0.2, -0.15) is 0 Å². The van der Waals surface area contributed by atoms with E-state index in [2.05, 4.69) is 4.98 Å². The molecule has 1 aromatic heterocycles. The molecule has 118 valence electrons. The maximum Gasteiger partial charge on any atom is 0.347 e. The molecule has 1 N–H and O–H groups in total. The Morgan fingerprint density at radius 3 is 2.36 bits per heavy atom. The number of rotatable bonds is 5. The predicted molar refractivity (Wildman–Crippen MR) is 82.4 cm³/mol. The molecule has 2 aromatic rings. The molecule has 2 rings (SSSR count). The first-order valence-electron chi connectivity index (χ1n) is 6.11. The lowest BCUT2D eigenvalue weighted by molar-refractivity contribution is 0.0701. The Kier molecular flexibility index (Phi) is 4.38. The smallest absolute Gasteiger partial charge is 0.347 e. The van der Waals surface area contributed by atoms with Crippen molar-refractivity contribution < 1.29 is 23.1 Å². The summed E-state index contributed by atoms with van der Waals surface area (Å²) in [5, 5.41) is 9.13. The molecule has 0 bridgehead atoms. The van der Waals surface area contributed by atoms with Crippen LogP contribution in [0.4, 0.5) is 5.13 Å². The molecule has 7 nitrogen and oxygen atoms in total. The van der Waals surface area contributed by atoms with Gasteiger partial charge in [0, 0.05) is 7.05 Å². The highest BCUT2D eigenvalue weighted by molar-refractivity contribution is 7.93. The lowest BCUT2D eigenvalue weighted by Gasteiger charge is -2.16. The van der Waals surface area contributed by atoms with Crippen LogP contribution >= 0.6 is 11.3 Å². The summed E-state index contributed by atoms with van der Waals surface area (Å²) in [5.74, 6) is -0.587. The molecule has 0 aliphatic rings. The van der Waals surface area contributed by atoms with Crippen molar-refractivity contribution >= 4 is 32.5 Å². The summed E-state index contributed by atoms with van der Waals surface area (Å²) < 4.78 is 31.0. The Morgan fingerprint density at radius 2 is 1.91 bits per heavy atom. The summed E-state index contributed by atoms with van der Waals surface area (Å²) >= 11 is 0.816. The minimum Gasteiger partial charge on any atom is -0.497 e. The first-order chi connectivity index (χ1) is 10.3. The zero-order chi connectivity index (χ0) is 16.5. The Hall–Kier alpha value is -2.13. The highest BCUT2D eigenvalue weighted by atomic mass is 32.2. The Morgan fingerprint density at radius 1 is 1.32 bits per heavy atom. The zero-order valence-corrected chi connectivity index (χ0v) is 13.7. The fourth-order valence-electron chi connectivity index (χ4n) is 1.72. The molecule has 22 heavy (non-hydrogen) atoms. The molecule has 0 aliphatic heterocycles. The Bertz CT molecular complexity index is 796. The molecule has 0 atom stereocenters. The molecular formula is C13H14N2O5S2. The molecule has 0 aliphatic carbocycles. The van der Waals surface area contributed by atoms with Crippen LogP contribution in [0.2, 0.25) is 0 Å². The number of sulfonamides is 1. The number of carboxylic acids is 1. The molecule has 9 heteroatoms. The van der Waals surface area contributed by atoms with Crippen LogP contribution in [0, 0.1) is 6.92 Å². The van der Waals surface area contributed by atoms with Gasteiger partial charge in [-0.05, 0) is 31.2 Å². The van der Waals surface area contributed by atoms with E-state index in [1.54, 1.807) is 0 Å². The second-order valence-electron chi connectivity index (χ2n) is 4.36. The van der Waals surface area contributed by atoms with E-state index >= 15 is 0 Å². The van der Waals surface area contributed by atoms with E-state index in [1.807, 2.05) is 0 Å². The maximum absolute atomic E-state index is 12.5. The maximum atomic E-state index is 12.5. The lowest BCUT2D eigenvalue weighted by Crippen LogP contribution is -2.26. The van der Waals surface area contributed by atoms with Crippen LogP contribution in [0.3, 0.4) is 0 Å². The Balaban J connectivity index is 2.39. The van der Waals surface area contributed by atoms with Gasteiger partial charge in [0.15, 0.2) is 5.13 Å². The topological polar surface area (TPSA) is 96.8 Å². The van der Waals surface area contributed by atoms with E-state index in [4.69, 9.17) is 9.84 Å². The summed E-state index contributed by atoms with van der Waals surface area (Å²) in [6.07, 6.45) is 0. The molecule has 0 spiro atoms. The number of carbonyl (C=O) groups is 1. The summed E-state index contributed by atoms with van der Waals surface area (Å²) in [4.78, 5) is 15.1. The van der Waals surface area contributed by atoms with Crippen molar-refractivity contribution in [1.29, 1.82) is 0 Å². The number of benzene rings is 1. The van der Waals surface area contributed by atoms with Crippen molar-refractivity contribution in [3.05, 3.63) is 34.8 Å². The third-order valence-corrected chi connectivity index (χ3v) is 6.07. The Labute approximate surface area is 131 Å². The number of methoxy groups -OCH3 is 1. The highest BCUT2D eigenvalue weighted by Gasteiger charge is 2.26. The summed E-state index contributed by atoms with van der Waals surface area (Å²) in [6.45, 7) is 1.53. The molecule has 0 unspecified atom stereocenters. The van der Waals surface area contributed by atoms with Gasteiger partial charge in [0.2, 0.25) is 0 Å². The first-order valence-corrected chi connectivity index (χ1v) is 8.36. The number of aromatic nitrogens is 1. The number of aromatic carboxylic acids is 1. The van der Waals surface area contributed by atoms with E-state index in [9.17, 15) is 13.2 Å². The van der Waals surface area contributed by atoms with Gasteiger partial charge in [0.25, 0.3) is 10.0 Å². The minimum absolute atomic E-state index is 0.0202. The van der Waals surface area contributed by atoms with Gasteiger partial charge in [-0.1, -0.05) is 11.3 Å². The minimum atomic E-state index is -3.81. The lowest BCUT2D eigenvalue weighted by atomic mass is 10.3. The average molecular weight is 342 g/mol. The highest BCUT2D eigenvalue weighted by Crippen LogP contribution is 2.29. The SMILES string of the molecule is COc1ccc(S(=O)(=O)N(C)c2nc(C)c(C(=O)O)s2)cc1. The van der Waals surface area contributed by atoms with Crippen molar-refractivity contribution in [3.63, 3.8) is 0 Å². The number of aryl methyl sites for hydroxylation is 1. The van der Waals surface area contributed by atoms with E-state index in [1.165, 1.54) is 45.3 Å². The number of thiazole rings is 1. The van der Waals surface area contributed by atoms with Crippen molar-refractivity contribution in [3.8, 4) is 5.75 Å². The van der Waals surface area contributed by atoms with Crippen molar-refractivity contribution in [2.24, 2.45) is 0 Å². The largest absolute Gasteiger partial charge is 0.497 e. The van der Waals surface area contributed by atoms with Crippen LogP contribution in [0.15, 0.2) is 29.2 Å².